The molecule has 0 aliphatic rings. The van der Waals surface area contributed by atoms with E-state index in [1.807, 2.05) is 11.4 Å². The predicted molar refractivity (Wildman–Crippen MR) is 78.8 cm³/mol. The smallest absolute Gasteiger partial charge is 0.0925 e. The van der Waals surface area contributed by atoms with Gasteiger partial charge in [0, 0.05) is 21.3 Å². The lowest BCUT2D eigenvalue weighted by Gasteiger charge is -2.12. The third-order valence-corrected chi connectivity index (χ3v) is 4.54. The van der Waals surface area contributed by atoms with Crippen LogP contribution in [0.4, 0.5) is 0 Å². The van der Waals surface area contributed by atoms with Crippen LogP contribution < -0.4 is 0 Å². The first-order valence-electron chi connectivity index (χ1n) is 5.80. The van der Waals surface area contributed by atoms with Gasteiger partial charge in [-0.2, -0.15) is 0 Å². The van der Waals surface area contributed by atoms with Gasteiger partial charge in [-0.25, -0.2) is 0 Å². The highest BCUT2D eigenvalue weighted by molar-refractivity contribution is 7.10. The Labute approximate surface area is 121 Å². The molecule has 1 atom stereocenters. The molecule has 0 spiro atoms. The zero-order valence-electron chi connectivity index (χ0n) is 9.99. The van der Waals surface area contributed by atoms with Crippen molar-refractivity contribution in [1.29, 1.82) is 0 Å². The maximum Gasteiger partial charge on any atom is 0.0925 e. The lowest BCUT2D eigenvalue weighted by molar-refractivity contribution is 0.181. The Morgan fingerprint density at radius 3 is 2.67 bits per heavy atom. The number of hydrogen-bond donors (Lipinski definition) is 1. The first-order chi connectivity index (χ1) is 8.61. The molecule has 18 heavy (non-hydrogen) atoms. The third-order valence-electron chi connectivity index (χ3n) is 2.89. The van der Waals surface area contributed by atoms with Gasteiger partial charge in [0.2, 0.25) is 0 Å². The summed E-state index contributed by atoms with van der Waals surface area (Å²) in [4.78, 5) is 1.03. The van der Waals surface area contributed by atoms with Crippen molar-refractivity contribution in [3.63, 3.8) is 0 Å². The van der Waals surface area contributed by atoms with Gasteiger partial charge in [-0.3, -0.25) is 0 Å². The van der Waals surface area contributed by atoms with Crippen molar-refractivity contribution in [3.05, 3.63) is 55.7 Å². The molecule has 96 valence electrons. The normalized spacial score (nSPS) is 12.7. The van der Waals surface area contributed by atoms with Crippen LogP contribution in [0.5, 0.6) is 0 Å². The Morgan fingerprint density at radius 2 is 2.00 bits per heavy atom. The van der Waals surface area contributed by atoms with Gasteiger partial charge in [0.05, 0.1) is 6.10 Å². The Balaban J connectivity index is 2.18. The largest absolute Gasteiger partial charge is 0.387 e. The topological polar surface area (TPSA) is 20.2 Å². The molecule has 2 rings (SSSR count). The molecule has 1 unspecified atom stereocenters. The highest BCUT2D eigenvalue weighted by Gasteiger charge is 2.15. The van der Waals surface area contributed by atoms with E-state index in [1.54, 1.807) is 23.5 Å². The first-order valence-corrected chi connectivity index (χ1v) is 7.43. The van der Waals surface area contributed by atoms with Crippen molar-refractivity contribution in [1.82, 2.24) is 0 Å². The number of halogens is 2. The monoisotopic (exact) mass is 300 g/mol. The fourth-order valence-corrected chi connectivity index (χ4v) is 3.39. The molecule has 0 amide bonds. The van der Waals surface area contributed by atoms with Crippen LogP contribution in [0.1, 0.15) is 29.0 Å². The van der Waals surface area contributed by atoms with Gasteiger partial charge in [-0.05, 0) is 41.1 Å². The molecule has 0 bridgehead atoms. The number of aryl methyl sites for hydroxylation is 1. The van der Waals surface area contributed by atoms with E-state index in [0.717, 1.165) is 16.9 Å². The second-order valence-corrected chi connectivity index (χ2v) is 5.91. The summed E-state index contributed by atoms with van der Waals surface area (Å²) < 4.78 is 0. The van der Waals surface area contributed by atoms with E-state index in [2.05, 4.69) is 13.0 Å². The molecular weight excluding hydrogens is 287 g/mol. The molecule has 1 nitrogen and oxygen atoms in total. The van der Waals surface area contributed by atoms with E-state index >= 15 is 0 Å². The van der Waals surface area contributed by atoms with E-state index in [9.17, 15) is 5.11 Å². The fraction of sp³-hybridized carbons (Fsp3) is 0.286. The van der Waals surface area contributed by atoms with E-state index in [1.165, 1.54) is 5.56 Å². The molecular formula is C14H14Cl2OS. The van der Waals surface area contributed by atoms with Crippen molar-refractivity contribution in [2.75, 3.05) is 0 Å². The highest BCUT2D eigenvalue weighted by atomic mass is 35.5. The van der Waals surface area contributed by atoms with Crippen molar-refractivity contribution >= 4 is 34.5 Å². The Hall–Kier alpha value is -0.540. The van der Waals surface area contributed by atoms with Crippen LogP contribution in [0.15, 0.2) is 29.6 Å². The summed E-state index contributed by atoms with van der Waals surface area (Å²) >= 11 is 13.6. The second-order valence-electron chi connectivity index (χ2n) is 4.12. The molecule has 0 fully saturated rings. The maximum atomic E-state index is 10.3. The number of benzene rings is 1. The number of aliphatic hydroxyl groups is 1. The zero-order chi connectivity index (χ0) is 13.1. The molecule has 1 heterocycles. The summed E-state index contributed by atoms with van der Waals surface area (Å²) in [6.45, 7) is 2.09. The van der Waals surface area contributed by atoms with Crippen LogP contribution in [0, 0.1) is 0 Å². The van der Waals surface area contributed by atoms with Crippen molar-refractivity contribution in [2.45, 2.75) is 25.9 Å². The standard InChI is InChI=1S/C14H14Cl2OS/c1-2-9-5-6-18-14(9)13(17)7-10-3-4-11(15)8-12(10)16/h3-6,8,13,17H,2,7H2,1H3. The molecule has 0 saturated heterocycles. The minimum Gasteiger partial charge on any atom is -0.387 e. The van der Waals surface area contributed by atoms with E-state index in [0.29, 0.717) is 16.5 Å². The summed E-state index contributed by atoms with van der Waals surface area (Å²) in [5, 5.41) is 13.5. The van der Waals surface area contributed by atoms with Crippen LogP contribution in [0.2, 0.25) is 10.0 Å². The van der Waals surface area contributed by atoms with Crippen LogP contribution >= 0.6 is 34.5 Å². The van der Waals surface area contributed by atoms with Gasteiger partial charge in [0.1, 0.15) is 0 Å². The predicted octanol–water partition coefficient (Wildman–Crippen LogP) is 4.89. The average molecular weight is 301 g/mol. The summed E-state index contributed by atoms with van der Waals surface area (Å²) in [7, 11) is 0. The minimum absolute atomic E-state index is 0.501. The highest BCUT2D eigenvalue weighted by Crippen LogP contribution is 2.30. The number of aliphatic hydroxyl groups excluding tert-OH is 1. The molecule has 0 saturated carbocycles. The summed E-state index contributed by atoms with van der Waals surface area (Å²) in [6, 6.07) is 7.44. The van der Waals surface area contributed by atoms with Crippen molar-refractivity contribution in [2.24, 2.45) is 0 Å². The van der Waals surface area contributed by atoms with Crippen molar-refractivity contribution < 1.29 is 5.11 Å². The SMILES string of the molecule is CCc1ccsc1C(O)Cc1ccc(Cl)cc1Cl. The van der Waals surface area contributed by atoms with Gasteiger partial charge in [-0.15, -0.1) is 11.3 Å². The van der Waals surface area contributed by atoms with Gasteiger partial charge >= 0.3 is 0 Å². The lowest BCUT2D eigenvalue weighted by atomic mass is 10.0. The maximum absolute atomic E-state index is 10.3. The molecule has 1 aromatic carbocycles. The Kier molecular flexibility index (Phi) is 4.68. The molecule has 1 aromatic heterocycles. The first kappa shape index (κ1) is 13.9. The van der Waals surface area contributed by atoms with Crippen LogP contribution in [-0.4, -0.2) is 5.11 Å². The quantitative estimate of drug-likeness (QED) is 0.852. The van der Waals surface area contributed by atoms with Crippen molar-refractivity contribution in [3.8, 4) is 0 Å². The molecule has 1 N–H and O–H groups in total. The molecule has 0 aliphatic carbocycles. The number of thiophene rings is 1. The van der Waals surface area contributed by atoms with Gasteiger partial charge in [0.15, 0.2) is 0 Å². The van der Waals surface area contributed by atoms with Crippen LogP contribution in [-0.2, 0) is 12.8 Å². The van der Waals surface area contributed by atoms with Crippen LogP contribution in [0.3, 0.4) is 0 Å². The van der Waals surface area contributed by atoms with Gasteiger partial charge < -0.3 is 5.11 Å². The molecule has 0 radical (unpaired) electrons. The van der Waals surface area contributed by atoms with Gasteiger partial charge in [0.25, 0.3) is 0 Å². The second kappa shape index (κ2) is 6.07. The zero-order valence-corrected chi connectivity index (χ0v) is 12.3. The van der Waals surface area contributed by atoms with E-state index in [4.69, 9.17) is 23.2 Å². The minimum atomic E-state index is -0.501. The average Bonchev–Trinajstić information content (AvgIpc) is 2.81. The fourth-order valence-electron chi connectivity index (χ4n) is 1.92. The van der Waals surface area contributed by atoms with Gasteiger partial charge in [-0.1, -0.05) is 36.2 Å². The Morgan fingerprint density at radius 1 is 1.22 bits per heavy atom. The molecule has 2 aromatic rings. The molecule has 0 aliphatic heterocycles. The van der Waals surface area contributed by atoms with Crippen LogP contribution in [0.25, 0.3) is 0 Å². The summed E-state index contributed by atoms with van der Waals surface area (Å²) in [5.74, 6) is 0. The number of hydrogen-bond acceptors (Lipinski definition) is 2. The van der Waals surface area contributed by atoms with E-state index < -0.39 is 6.10 Å². The Bertz CT molecular complexity index is 536. The summed E-state index contributed by atoms with van der Waals surface area (Å²) in [5.41, 5.74) is 2.13. The summed E-state index contributed by atoms with van der Waals surface area (Å²) in [6.07, 6.45) is 0.951. The van der Waals surface area contributed by atoms with E-state index in [-0.39, 0.29) is 0 Å². The number of rotatable bonds is 4. The lowest BCUT2D eigenvalue weighted by Crippen LogP contribution is -2.02. The molecule has 4 heteroatoms. The third kappa shape index (κ3) is 3.07.